The highest BCUT2D eigenvalue weighted by Crippen LogP contribution is 2.29. The van der Waals surface area contributed by atoms with Crippen LogP contribution in [0.3, 0.4) is 0 Å². The molecule has 0 spiro atoms. The van der Waals surface area contributed by atoms with Gasteiger partial charge in [-0.1, -0.05) is 24.6 Å². The average Bonchev–Trinajstić information content (AvgIpc) is 2.73. The number of piperazine rings is 1. The van der Waals surface area contributed by atoms with Crippen LogP contribution in [0.4, 0.5) is 15.8 Å². The lowest BCUT2D eigenvalue weighted by atomic mass is 10.2. The monoisotopic (exact) mass is 448 g/mol. The van der Waals surface area contributed by atoms with E-state index in [1.807, 2.05) is 24.0 Å². The molecule has 0 aromatic heterocycles. The van der Waals surface area contributed by atoms with Gasteiger partial charge in [0.1, 0.15) is 5.82 Å². The molecule has 6 nitrogen and oxygen atoms in total. The van der Waals surface area contributed by atoms with Gasteiger partial charge in [0.25, 0.3) is 5.91 Å². The topological polar surface area (TPSA) is 64.7 Å². The van der Waals surface area contributed by atoms with Gasteiger partial charge in [0, 0.05) is 43.9 Å². The summed E-state index contributed by atoms with van der Waals surface area (Å²) in [7, 11) is 0. The first kappa shape index (κ1) is 22.0. The first-order valence-corrected chi connectivity index (χ1v) is 10.4. The summed E-state index contributed by atoms with van der Waals surface area (Å²) >= 11 is 11.6. The van der Waals surface area contributed by atoms with Crippen molar-refractivity contribution in [2.45, 2.75) is 13.3 Å². The highest BCUT2D eigenvalue weighted by molar-refractivity contribution is 7.80. The van der Waals surface area contributed by atoms with E-state index < -0.39 is 11.7 Å². The highest BCUT2D eigenvalue weighted by Gasteiger charge is 2.21. The van der Waals surface area contributed by atoms with Gasteiger partial charge < -0.3 is 15.1 Å². The lowest BCUT2D eigenvalue weighted by Gasteiger charge is -2.36. The Morgan fingerprint density at radius 1 is 1.13 bits per heavy atom. The van der Waals surface area contributed by atoms with Crippen molar-refractivity contribution >= 4 is 52.1 Å². The molecule has 2 amide bonds. The number of hydrogen-bond acceptors (Lipinski definition) is 4. The van der Waals surface area contributed by atoms with Gasteiger partial charge >= 0.3 is 0 Å². The van der Waals surface area contributed by atoms with Crippen molar-refractivity contribution in [3.63, 3.8) is 0 Å². The molecule has 9 heteroatoms. The number of thiocarbonyl (C=S) groups is 1. The molecule has 0 saturated carbocycles. The molecule has 0 aliphatic carbocycles. The summed E-state index contributed by atoms with van der Waals surface area (Å²) in [4.78, 5) is 28.0. The molecular formula is C21H22ClFN4O2S. The summed E-state index contributed by atoms with van der Waals surface area (Å²) < 4.78 is 13.3. The van der Waals surface area contributed by atoms with Gasteiger partial charge in [-0.15, -0.1) is 0 Å². The molecule has 2 N–H and O–H groups in total. The van der Waals surface area contributed by atoms with Crippen LogP contribution in [-0.4, -0.2) is 48.0 Å². The van der Waals surface area contributed by atoms with E-state index in [4.69, 9.17) is 23.8 Å². The molecule has 0 bridgehead atoms. The third kappa shape index (κ3) is 5.46. The summed E-state index contributed by atoms with van der Waals surface area (Å²) in [5.74, 6) is -0.841. The lowest BCUT2D eigenvalue weighted by molar-refractivity contribution is -0.131. The Bertz CT molecular complexity index is 964. The summed E-state index contributed by atoms with van der Waals surface area (Å²) in [6.45, 7) is 4.61. The van der Waals surface area contributed by atoms with E-state index in [1.165, 1.54) is 18.2 Å². The second-order valence-electron chi connectivity index (χ2n) is 6.81. The first-order chi connectivity index (χ1) is 14.4. The number of carbonyl (C=O) groups excluding carboxylic acids is 2. The predicted octanol–water partition coefficient (Wildman–Crippen LogP) is 3.66. The molecule has 0 unspecified atom stereocenters. The maximum atomic E-state index is 13.3. The van der Waals surface area contributed by atoms with Gasteiger partial charge in [-0.2, -0.15) is 0 Å². The number of nitrogens with zero attached hydrogens (tertiary/aromatic N) is 2. The molecular weight excluding hydrogens is 427 g/mol. The minimum Gasteiger partial charge on any atom is -0.367 e. The molecule has 30 heavy (non-hydrogen) atoms. The van der Waals surface area contributed by atoms with Gasteiger partial charge in [-0.3, -0.25) is 14.9 Å². The minimum atomic E-state index is -0.505. The van der Waals surface area contributed by atoms with Crippen LogP contribution < -0.4 is 15.5 Å². The largest absolute Gasteiger partial charge is 0.367 e. The van der Waals surface area contributed by atoms with Crippen molar-refractivity contribution in [1.29, 1.82) is 0 Å². The first-order valence-electron chi connectivity index (χ1n) is 9.57. The Kier molecular flexibility index (Phi) is 7.23. The Hall–Kier alpha value is -2.71. The Balaban J connectivity index is 1.58. The zero-order valence-electron chi connectivity index (χ0n) is 16.5. The van der Waals surface area contributed by atoms with Crippen molar-refractivity contribution in [3.05, 3.63) is 58.9 Å². The van der Waals surface area contributed by atoms with E-state index in [9.17, 15) is 14.0 Å². The van der Waals surface area contributed by atoms with E-state index in [1.54, 1.807) is 6.07 Å². The van der Waals surface area contributed by atoms with E-state index in [0.717, 1.165) is 11.8 Å². The molecule has 1 aliphatic rings. The molecule has 1 aliphatic heterocycles. The lowest BCUT2D eigenvalue weighted by Crippen LogP contribution is -2.48. The zero-order chi connectivity index (χ0) is 21.7. The summed E-state index contributed by atoms with van der Waals surface area (Å²) in [6.07, 6.45) is 0.511. The zero-order valence-corrected chi connectivity index (χ0v) is 18.0. The highest BCUT2D eigenvalue weighted by atomic mass is 35.5. The molecule has 1 saturated heterocycles. The van der Waals surface area contributed by atoms with Gasteiger partial charge in [0.15, 0.2) is 5.11 Å². The summed E-state index contributed by atoms with van der Waals surface area (Å²) in [5.41, 5.74) is 1.67. The maximum Gasteiger partial charge on any atom is 0.257 e. The average molecular weight is 449 g/mol. The van der Waals surface area contributed by atoms with Crippen LogP contribution in [0, 0.1) is 5.82 Å². The Labute approximate surface area is 185 Å². The number of amides is 2. The van der Waals surface area contributed by atoms with E-state index in [0.29, 0.717) is 43.3 Å². The number of benzene rings is 2. The number of nitrogens with one attached hydrogen (secondary N) is 2. The SMILES string of the molecule is CCC(=O)N1CCN(c2ccc(NC(=S)NC(=O)c3cccc(F)c3)cc2Cl)CC1. The van der Waals surface area contributed by atoms with Gasteiger partial charge in [0.05, 0.1) is 10.7 Å². The van der Waals surface area contributed by atoms with Gasteiger partial charge in [0.2, 0.25) is 5.91 Å². The molecule has 2 aromatic carbocycles. The number of halogens is 2. The predicted molar refractivity (Wildman–Crippen MR) is 121 cm³/mol. The van der Waals surface area contributed by atoms with Crippen LogP contribution >= 0.6 is 23.8 Å². The molecule has 1 fully saturated rings. The standard InChI is InChI=1S/C21H22ClFN4O2S/c1-2-19(28)27-10-8-26(9-11-27)18-7-6-16(13-17(18)22)24-21(30)25-20(29)14-4-3-5-15(23)12-14/h3-7,12-13H,2,8-11H2,1H3,(H2,24,25,29,30). The second kappa shape index (κ2) is 9.86. The van der Waals surface area contributed by atoms with Crippen LogP contribution in [0.1, 0.15) is 23.7 Å². The molecule has 0 radical (unpaired) electrons. The van der Waals surface area contributed by atoms with Crippen molar-refractivity contribution in [1.82, 2.24) is 10.2 Å². The number of anilines is 2. The third-order valence-electron chi connectivity index (χ3n) is 4.79. The fraction of sp³-hybridized carbons (Fsp3) is 0.286. The molecule has 0 atom stereocenters. The quantitative estimate of drug-likeness (QED) is 0.699. The molecule has 3 rings (SSSR count). The second-order valence-corrected chi connectivity index (χ2v) is 7.62. The van der Waals surface area contributed by atoms with Crippen LogP contribution in [0.5, 0.6) is 0 Å². The third-order valence-corrected chi connectivity index (χ3v) is 5.30. The van der Waals surface area contributed by atoms with Crippen molar-refractivity contribution in [3.8, 4) is 0 Å². The van der Waals surface area contributed by atoms with Crippen LogP contribution in [0.25, 0.3) is 0 Å². The Morgan fingerprint density at radius 2 is 1.87 bits per heavy atom. The number of hydrogen-bond donors (Lipinski definition) is 2. The van der Waals surface area contributed by atoms with Crippen LogP contribution in [0.2, 0.25) is 5.02 Å². The number of rotatable bonds is 4. The molecule has 1 heterocycles. The smallest absolute Gasteiger partial charge is 0.257 e. The normalized spacial score (nSPS) is 13.7. The minimum absolute atomic E-state index is 0.0831. The number of carbonyl (C=O) groups is 2. The van der Waals surface area contributed by atoms with Crippen LogP contribution in [0.15, 0.2) is 42.5 Å². The maximum absolute atomic E-state index is 13.3. The fourth-order valence-electron chi connectivity index (χ4n) is 3.23. The van der Waals surface area contributed by atoms with E-state index >= 15 is 0 Å². The van der Waals surface area contributed by atoms with Gasteiger partial charge in [-0.25, -0.2) is 4.39 Å². The van der Waals surface area contributed by atoms with Crippen molar-refractivity contribution in [2.75, 3.05) is 36.4 Å². The molecule has 2 aromatic rings. The Morgan fingerprint density at radius 3 is 2.50 bits per heavy atom. The molecule has 158 valence electrons. The fourth-order valence-corrected chi connectivity index (χ4v) is 3.74. The summed E-state index contributed by atoms with van der Waals surface area (Å²) in [5, 5.41) is 6.04. The van der Waals surface area contributed by atoms with E-state index in [-0.39, 0.29) is 16.6 Å². The van der Waals surface area contributed by atoms with E-state index in [2.05, 4.69) is 15.5 Å². The van der Waals surface area contributed by atoms with Gasteiger partial charge in [-0.05, 0) is 48.6 Å². The summed E-state index contributed by atoms with van der Waals surface area (Å²) in [6, 6.07) is 10.8. The van der Waals surface area contributed by atoms with Crippen molar-refractivity contribution in [2.24, 2.45) is 0 Å². The van der Waals surface area contributed by atoms with Crippen molar-refractivity contribution < 1.29 is 14.0 Å². The van der Waals surface area contributed by atoms with Crippen LogP contribution in [-0.2, 0) is 4.79 Å².